The Morgan fingerprint density at radius 1 is 1.35 bits per heavy atom. The third-order valence-corrected chi connectivity index (χ3v) is 3.59. The number of hydrogen-bond acceptors (Lipinski definition) is 2. The number of allylic oxidation sites excluding steroid dienone is 2. The Morgan fingerprint density at radius 3 is 2.35 bits per heavy atom. The molecular formula is C12H21BF2O2. The third kappa shape index (κ3) is 4.07. The molecule has 2 nitrogen and oxygen atoms in total. The molecule has 0 radical (unpaired) electrons. The largest absolute Gasteiger partial charge is 0.427 e. The van der Waals surface area contributed by atoms with Crippen molar-refractivity contribution in [1.82, 2.24) is 0 Å². The van der Waals surface area contributed by atoms with Crippen LogP contribution in [0.25, 0.3) is 0 Å². The molecule has 0 heterocycles. The van der Waals surface area contributed by atoms with E-state index in [0.717, 1.165) is 5.47 Å². The predicted molar refractivity (Wildman–Crippen MR) is 65.5 cm³/mol. The van der Waals surface area contributed by atoms with Crippen molar-refractivity contribution >= 4 is 7.48 Å². The van der Waals surface area contributed by atoms with Crippen LogP contribution in [0.2, 0.25) is 0 Å². The highest BCUT2D eigenvalue weighted by Crippen LogP contribution is 2.33. The minimum atomic E-state index is -2.56. The maximum atomic E-state index is 12.9. The van der Waals surface area contributed by atoms with E-state index < -0.39 is 17.1 Å². The molecular weight excluding hydrogens is 225 g/mol. The minimum Gasteiger partial charge on any atom is -0.427 e. The Bertz CT molecular complexity index is 306. The monoisotopic (exact) mass is 246 g/mol. The van der Waals surface area contributed by atoms with Gasteiger partial charge in [0.15, 0.2) is 0 Å². The Balaban J connectivity index is 2.51. The molecule has 0 bridgehead atoms. The summed E-state index contributed by atoms with van der Waals surface area (Å²) in [6.45, 7) is 6.95. The summed E-state index contributed by atoms with van der Waals surface area (Å²) in [5, 5.41) is 9.89. The number of hydrogen-bond donors (Lipinski definition) is 1. The van der Waals surface area contributed by atoms with Crippen LogP contribution in [0.5, 0.6) is 0 Å². The Kier molecular flexibility index (Phi) is 4.04. The molecule has 1 rings (SSSR count). The highest BCUT2D eigenvalue weighted by molar-refractivity contribution is 6.38. The molecule has 17 heavy (non-hydrogen) atoms. The van der Waals surface area contributed by atoms with Crippen molar-refractivity contribution in [3.8, 4) is 0 Å². The van der Waals surface area contributed by atoms with E-state index in [2.05, 4.69) is 0 Å². The number of rotatable bonds is 4. The summed E-state index contributed by atoms with van der Waals surface area (Å²) in [5.74, 6) is -2.56. The first-order valence-corrected chi connectivity index (χ1v) is 5.96. The summed E-state index contributed by atoms with van der Waals surface area (Å²) in [6.07, 6.45) is 1.62. The van der Waals surface area contributed by atoms with Crippen molar-refractivity contribution in [2.24, 2.45) is 0 Å². The SMILES string of the molecule is CC(C)(O)C(C)(C)OBC1=CCC(F)(F)CC1. The fourth-order valence-electron chi connectivity index (χ4n) is 1.42. The van der Waals surface area contributed by atoms with Gasteiger partial charge in [-0.1, -0.05) is 11.5 Å². The molecule has 98 valence electrons. The van der Waals surface area contributed by atoms with E-state index >= 15 is 0 Å². The summed E-state index contributed by atoms with van der Waals surface area (Å²) in [5.41, 5.74) is -0.770. The standard InChI is InChI=1S/C12H21BF2O2/c1-10(2,16)11(3,4)17-13-9-5-7-12(14,15)8-6-9/h5,13,16H,6-8H2,1-4H3. The van der Waals surface area contributed by atoms with Gasteiger partial charge in [0, 0.05) is 12.8 Å². The highest BCUT2D eigenvalue weighted by Gasteiger charge is 2.37. The van der Waals surface area contributed by atoms with Crippen LogP contribution in [0.4, 0.5) is 8.78 Å². The van der Waals surface area contributed by atoms with Crippen molar-refractivity contribution < 1.29 is 18.5 Å². The molecule has 1 N–H and O–H groups in total. The van der Waals surface area contributed by atoms with Crippen LogP contribution in [0.3, 0.4) is 0 Å². The number of aliphatic hydroxyl groups is 1. The van der Waals surface area contributed by atoms with Crippen molar-refractivity contribution in [3.63, 3.8) is 0 Å². The molecule has 0 atom stereocenters. The zero-order chi connectivity index (χ0) is 13.3. The highest BCUT2D eigenvalue weighted by atomic mass is 19.3. The summed E-state index contributed by atoms with van der Waals surface area (Å²) < 4.78 is 31.5. The predicted octanol–water partition coefficient (Wildman–Crippen LogP) is 2.61. The molecule has 0 saturated heterocycles. The minimum absolute atomic E-state index is 0.106. The van der Waals surface area contributed by atoms with Crippen LogP contribution >= 0.6 is 0 Å². The van der Waals surface area contributed by atoms with Gasteiger partial charge in [-0.05, 0) is 34.1 Å². The molecule has 0 amide bonds. The van der Waals surface area contributed by atoms with Crippen LogP contribution < -0.4 is 0 Å². The fraction of sp³-hybridized carbons (Fsp3) is 0.833. The van der Waals surface area contributed by atoms with Gasteiger partial charge < -0.3 is 9.76 Å². The topological polar surface area (TPSA) is 29.5 Å². The Morgan fingerprint density at radius 2 is 1.94 bits per heavy atom. The summed E-state index contributed by atoms with van der Waals surface area (Å²) in [7, 11) is 0.313. The molecule has 0 aliphatic heterocycles. The van der Waals surface area contributed by atoms with E-state index in [4.69, 9.17) is 4.65 Å². The first kappa shape index (κ1) is 14.6. The molecule has 0 saturated carbocycles. The van der Waals surface area contributed by atoms with Gasteiger partial charge in [0.1, 0.15) is 0 Å². The van der Waals surface area contributed by atoms with Gasteiger partial charge in [0.2, 0.25) is 0 Å². The number of alkyl halides is 2. The van der Waals surface area contributed by atoms with Crippen LogP contribution in [0.15, 0.2) is 11.5 Å². The van der Waals surface area contributed by atoms with Gasteiger partial charge in [-0.25, -0.2) is 8.78 Å². The first-order valence-electron chi connectivity index (χ1n) is 5.96. The molecule has 0 spiro atoms. The molecule has 1 aliphatic rings. The summed E-state index contributed by atoms with van der Waals surface area (Å²) in [6, 6.07) is 0. The Labute approximate surface area is 102 Å². The van der Waals surface area contributed by atoms with Crippen LogP contribution in [-0.4, -0.2) is 29.7 Å². The van der Waals surface area contributed by atoms with E-state index in [1.54, 1.807) is 33.8 Å². The molecule has 0 unspecified atom stereocenters. The molecule has 0 aromatic rings. The first-order chi connectivity index (χ1) is 7.54. The lowest BCUT2D eigenvalue weighted by Gasteiger charge is -2.38. The quantitative estimate of drug-likeness (QED) is 0.772. The van der Waals surface area contributed by atoms with Gasteiger partial charge in [-0.3, -0.25) is 0 Å². The molecule has 5 heteroatoms. The van der Waals surface area contributed by atoms with E-state index in [9.17, 15) is 13.9 Å². The van der Waals surface area contributed by atoms with Gasteiger partial charge >= 0.3 is 7.48 Å². The van der Waals surface area contributed by atoms with Crippen molar-refractivity contribution in [1.29, 1.82) is 0 Å². The lowest BCUT2D eigenvalue weighted by Crippen LogP contribution is -2.48. The van der Waals surface area contributed by atoms with Crippen LogP contribution in [0.1, 0.15) is 47.0 Å². The molecule has 1 aliphatic carbocycles. The second-order valence-electron chi connectivity index (χ2n) is 5.78. The Hall–Kier alpha value is -0.415. The lowest BCUT2D eigenvalue weighted by atomic mass is 9.76. The average molecular weight is 246 g/mol. The third-order valence-electron chi connectivity index (χ3n) is 3.59. The smallest absolute Gasteiger partial charge is 0.305 e. The van der Waals surface area contributed by atoms with Gasteiger partial charge in [-0.15, -0.1) is 0 Å². The zero-order valence-corrected chi connectivity index (χ0v) is 11.0. The average Bonchev–Trinajstić information content (AvgIpc) is 2.14. The van der Waals surface area contributed by atoms with E-state index in [-0.39, 0.29) is 12.8 Å². The van der Waals surface area contributed by atoms with Crippen molar-refractivity contribution in [3.05, 3.63) is 11.5 Å². The van der Waals surface area contributed by atoms with Crippen LogP contribution in [0, 0.1) is 0 Å². The summed E-state index contributed by atoms with van der Waals surface area (Å²) >= 11 is 0. The maximum Gasteiger partial charge on any atom is 0.305 e. The lowest BCUT2D eigenvalue weighted by molar-refractivity contribution is -0.0899. The number of halogens is 2. The normalized spacial score (nSPS) is 21.0. The van der Waals surface area contributed by atoms with E-state index in [1.165, 1.54) is 0 Å². The molecule has 0 fully saturated rings. The van der Waals surface area contributed by atoms with E-state index in [0.29, 0.717) is 13.9 Å². The molecule has 0 aromatic heterocycles. The second kappa shape index (κ2) is 4.69. The van der Waals surface area contributed by atoms with Gasteiger partial charge in [0.05, 0.1) is 11.2 Å². The van der Waals surface area contributed by atoms with Crippen molar-refractivity contribution in [2.75, 3.05) is 0 Å². The van der Waals surface area contributed by atoms with Gasteiger partial charge in [0.25, 0.3) is 5.92 Å². The van der Waals surface area contributed by atoms with Crippen molar-refractivity contribution in [2.45, 2.75) is 64.1 Å². The summed E-state index contributed by atoms with van der Waals surface area (Å²) in [4.78, 5) is 0. The second-order valence-corrected chi connectivity index (χ2v) is 5.78. The molecule has 0 aromatic carbocycles. The van der Waals surface area contributed by atoms with Gasteiger partial charge in [-0.2, -0.15) is 0 Å². The van der Waals surface area contributed by atoms with Crippen LogP contribution in [-0.2, 0) is 4.65 Å². The maximum absolute atomic E-state index is 12.9. The van der Waals surface area contributed by atoms with E-state index in [1.807, 2.05) is 0 Å². The zero-order valence-electron chi connectivity index (χ0n) is 11.0. The fourth-order valence-corrected chi connectivity index (χ4v) is 1.42.